The molecule has 2 aromatic rings. The van der Waals surface area contributed by atoms with Gasteiger partial charge < -0.3 is 15.8 Å². The number of rotatable bonds is 3. The lowest BCUT2D eigenvalue weighted by atomic mass is 10.1. The van der Waals surface area contributed by atoms with Gasteiger partial charge in [0.15, 0.2) is 0 Å². The number of halogens is 4. The van der Waals surface area contributed by atoms with E-state index in [-0.39, 0.29) is 10.7 Å². The summed E-state index contributed by atoms with van der Waals surface area (Å²) in [5.41, 5.74) is 5.55. The summed E-state index contributed by atoms with van der Waals surface area (Å²) >= 11 is 5.63. The summed E-state index contributed by atoms with van der Waals surface area (Å²) in [4.78, 5) is 0. The fourth-order valence-corrected chi connectivity index (χ4v) is 1.98. The summed E-state index contributed by atoms with van der Waals surface area (Å²) in [6, 6.07) is 8.15. The number of anilines is 3. The molecule has 0 fully saturated rings. The first-order chi connectivity index (χ1) is 9.81. The van der Waals surface area contributed by atoms with Crippen LogP contribution in [0, 0.1) is 0 Å². The van der Waals surface area contributed by atoms with Gasteiger partial charge in [-0.25, -0.2) is 0 Å². The van der Waals surface area contributed by atoms with E-state index >= 15 is 0 Å². The highest BCUT2D eigenvalue weighted by Crippen LogP contribution is 2.38. The van der Waals surface area contributed by atoms with Crippen molar-refractivity contribution in [2.24, 2.45) is 0 Å². The highest BCUT2D eigenvalue weighted by Gasteiger charge is 2.33. The third-order valence-electron chi connectivity index (χ3n) is 2.80. The van der Waals surface area contributed by atoms with Gasteiger partial charge in [0, 0.05) is 16.8 Å². The van der Waals surface area contributed by atoms with Crippen LogP contribution in [0.3, 0.4) is 0 Å². The normalized spacial score (nSPS) is 11.3. The third-order valence-corrected chi connectivity index (χ3v) is 3.03. The number of nitrogens with two attached hydrogens (primary N) is 1. The van der Waals surface area contributed by atoms with Gasteiger partial charge >= 0.3 is 6.18 Å². The van der Waals surface area contributed by atoms with E-state index in [9.17, 15) is 13.2 Å². The summed E-state index contributed by atoms with van der Waals surface area (Å²) in [5, 5.41) is 2.71. The van der Waals surface area contributed by atoms with Gasteiger partial charge in [-0.15, -0.1) is 0 Å². The molecule has 0 aliphatic rings. The van der Waals surface area contributed by atoms with Crippen LogP contribution in [0.15, 0.2) is 36.4 Å². The maximum atomic E-state index is 13.0. The quantitative estimate of drug-likeness (QED) is 0.807. The van der Waals surface area contributed by atoms with Crippen molar-refractivity contribution in [3.05, 3.63) is 47.0 Å². The van der Waals surface area contributed by atoms with Gasteiger partial charge in [-0.2, -0.15) is 13.2 Å². The molecule has 0 amide bonds. The van der Waals surface area contributed by atoms with Crippen molar-refractivity contribution in [1.82, 2.24) is 0 Å². The zero-order valence-electron chi connectivity index (χ0n) is 11.0. The Balaban J connectivity index is 2.40. The summed E-state index contributed by atoms with van der Waals surface area (Å²) in [5.74, 6) is 0.377. The van der Waals surface area contributed by atoms with Gasteiger partial charge in [-0.3, -0.25) is 0 Å². The highest BCUT2D eigenvalue weighted by atomic mass is 35.5. The molecule has 112 valence electrons. The topological polar surface area (TPSA) is 47.3 Å². The van der Waals surface area contributed by atoms with Gasteiger partial charge in [0.25, 0.3) is 0 Å². The Morgan fingerprint density at radius 1 is 1.14 bits per heavy atom. The number of benzene rings is 2. The van der Waals surface area contributed by atoms with E-state index in [0.717, 1.165) is 6.07 Å². The number of nitrogen functional groups attached to an aromatic ring is 1. The first-order valence-electron chi connectivity index (χ1n) is 5.88. The Morgan fingerprint density at radius 3 is 2.48 bits per heavy atom. The summed E-state index contributed by atoms with van der Waals surface area (Å²) in [6.07, 6.45) is -4.51. The minimum Gasteiger partial charge on any atom is -0.495 e. The molecule has 0 radical (unpaired) electrons. The molecular weight excluding hydrogens is 305 g/mol. The summed E-state index contributed by atoms with van der Waals surface area (Å²) in [7, 11) is 1.43. The number of nitrogens with one attached hydrogen (secondary N) is 1. The second kappa shape index (κ2) is 5.73. The molecule has 0 saturated carbocycles. The number of methoxy groups -OCH3 is 1. The largest absolute Gasteiger partial charge is 0.495 e. The van der Waals surface area contributed by atoms with Crippen molar-refractivity contribution >= 4 is 28.7 Å². The lowest BCUT2D eigenvalue weighted by molar-refractivity contribution is -0.136. The fraction of sp³-hybridized carbons (Fsp3) is 0.143. The molecular formula is C14H12ClF3N2O. The Hall–Kier alpha value is -2.08. The van der Waals surface area contributed by atoms with E-state index in [1.165, 1.54) is 25.3 Å². The molecule has 2 aromatic carbocycles. The van der Waals surface area contributed by atoms with Crippen molar-refractivity contribution in [3.63, 3.8) is 0 Å². The molecule has 21 heavy (non-hydrogen) atoms. The molecule has 0 saturated heterocycles. The number of ether oxygens (including phenoxy) is 1. The van der Waals surface area contributed by atoms with Crippen LogP contribution in [-0.4, -0.2) is 7.11 Å². The van der Waals surface area contributed by atoms with Crippen molar-refractivity contribution in [2.75, 3.05) is 18.2 Å². The fourth-order valence-electron chi connectivity index (χ4n) is 1.80. The molecule has 0 atom stereocenters. The van der Waals surface area contributed by atoms with Crippen LogP contribution < -0.4 is 15.8 Å². The monoisotopic (exact) mass is 316 g/mol. The van der Waals surface area contributed by atoms with Crippen LogP contribution in [0.2, 0.25) is 5.02 Å². The minimum atomic E-state index is -4.51. The van der Waals surface area contributed by atoms with Crippen LogP contribution in [0.1, 0.15) is 5.56 Å². The lowest BCUT2D eigenvalue weighted by Crippen LogP contribution is -2.09. The van der Waals surface area contributed by atoms with Crippen molar-refractivity contribution in [1.29, 1.82) is 0 Å². The Kier molecular flexibility index (Phi) is 4.18. The van der Waals surface area contributed by atoms with Crippen LogP contribution in [0.5, 0.6) is 5.75 Å². The first-order valence-corrected chi connectivity index (χ1v) is 6.26. The molecule has 2 rings (SSSR count). The minimum absolute atomic E-state index is 0.0164. The van der Waals surface area contributed by atoms with Gasteiger partial charge in [0.2, 0.25) is 0 Å². The van der Waals surface area contributed by atoms with Gasteiger partial charge in [-0.1, -0.05) is 11.6 Å². The number of hydrogen-bond donors (Lipinski definition) is 2. The van der Waals surface area contributed by atoms with Crippen molar-refractivity contribution < 1.29 is 17.9 Å². The maximum Gasteiger partial charge on any atom is 0.418 e. The van der Waals surface area contributed by atoms with Crippen LogP contribution in [0.4, 0.5) is 30.2 Å². The molecule has 3 N–H and O–H groups in total. The molecule has 0 aliphatic carbocycles. The maximum absolute atomic E-state index is 13.0. The molecule has 7 heteroatoms. The number of hydrogen-bond acceptors (Lipinski definition) is 3. The van der Waals surface area contributed by atoms with Crippen LogP contribution in [0.25, 0.3) is 0 Å². The summed E-state index contributed by atoms with van der Waals surface area (Å²) < 4.78 is 44.0. The average molecular weight is 317 g/mol. The number of alkyl halides is 3. The SMILES string of the molecule is COc1cc(Nc2ccc(Cl)cc2C(F)(F)F)ccc1N. The predicted octanol–water partition coefficient (Wildman–Crippen LogP) is 4.69. The zero-order chi connectivity index (χ0) is 15.6. The van der Waals surface area contributed by atoms with E-state index in [0.29, 0.717) is 17.1 Å². The van der Waals surface area contributed by atoms with E-state index < -0.39 is 11.7 Å². The van der Waals surface area contributed by atoms with E-state index in [1.807, 2.05) is 0 Å². The van der Waals surface area contributed by atoms with Crippen LogP contribution in [-0.2, 0) is 6.18 Å². The van der Waals surface area contributed by atoms with Crippen molar-refractivity contribution in [2.45, 2.75) is 6.18 Å². The van der Waals surface area contributed by atoms with Gasteiger partial charge in [0.05, 0.1) is 24.0 Å². The molecule has 0 bridgehead atoms. The zero-order valence-corrected chi connectivity index (χ0v) is 11.7. The van der Waals surface area contributed by atoms with Gasteiger partial charge in [-0.05, 0) is 30.3 Å². The molecule has 0 aromatic heterocycles. The standard InChI is InChI=1S/C14H12ClF3N2O/c1-21-13-7-9(3-4-11(13)19)20-12-5-2-8(15)6-10(12)14(16,17)18/h2-7,20H,19H2,1H3. The Morgan fingerprint density at radius 2 is 1.86 bits per heavy atom. The highest BCUT2D eigenvalue weighted by molar-refractivity contribution is 6.30. The van der Waals surface area contributed by atoms with Crippen LogP contribution >= 0.6 is 11.6 Å². The van der Waals surface area contributed by atoms with E-state index in [1.54, 1.807) is 12.1 Å². The second-order valence-electron chi connectivity index (χ2n) is 4.27. The van der Waals surface area contributed by atoms with Gasteiger partial charge in [0.1, 0.15) is 5.75 Å². The lowest BCUT2D eigenvalue weighted by Gasteiger charge is -2.16. The first kappa shape index (κ1) is 15.3. The Bertz CT molecular complexity index is 659. The van der Waals surface area contributed by atoms with E-state index in [2.05, 4.69) is 5.32 Å². The Labute approximate surface area is 124 Å². The van der Waals surface area contributed by atoms with E-state index in [4.69, 9.17) is 22.1 Å². The third kappa shape index (κ3) is 3.52. The average Bonchev–Trinajstić information content (AvgIpc) is 2.41. The molecule has 0 aliphatic heterocycles. The smallest absolute Gasteiger partial charge is 0.418 e. The molecule has 0 unspecified atom stereocenters. The second-order valence-corrected chi connectivity index (χ2v) is 4.71. The molecule has 0 heterocycles. The summed E-state index contributed by atoms with van der Waals surface area (Å²) in [6.45, 7) is 0. The molecule has 3 nitrogen and oxygen atoms in total. The predicted molar refractivity (Wildman–Crippen MR) is 77.1 cm³/mol. The molecule has 0 spiro atoms. The van der Waals surface area contributed by atoms with Crippen molar-refractivity contribution in [3.8, 4) is 5.75 Å².